The number of halogens is 1. The van der Waals surface area contributed by atoms with E-state index in [1.54, 1.807) is 24.3 Å². The zero-order valence-electron chi connectivity index (χ0n) is 20.9. The Morgan fingerprint density at radius 3 is 2.06 bits per heavy atom. The van der Waals surface area contributed by atoms with Crippen LogP contribution in [-0.2, 0) is 10.8 Å². The number of ether oxygens (including phenoxy) is 1. The topological polar surface area (TPSA) is 63.6 Å². The standard InChI is InChI=1S/C30H31ClO4/c1-6-35-26-17-24-23(29(2,3)13-14-30(24,4)5)16-22(26)19-12-11-18(15-25(19)31)27(32)20-9-7-8-10-21(20)28(33)34/h7-12,15-17H,6,13-14H2,1-5H3,(H,33,34). The number of hydrogen-bond acceptors (Lipinski definition) is 3. The van der Waals surface area contributed by atoms with Crippen LogP contribution >= 0.6 is 11.6 Å². The molecule has 35 heavy (non-hydrogen) atoms. The van der Waals surface area contributed by atoms with E-state index in [0.717, 1.165) is 29.7 Å². The number of carboxylic acids is 1. The van der Waals surface area contributed by atoms with Crippen molar-refractivity contribution in [2.45, 2.75) is 58.3 Å². The van der Waals surface area contributed by atoms with Crippen molar-refractivity contribution in [3.8, 4) is 16.9 Å². The number of carboxylic acid groups (broad SMARTS) is 1. The van der Waals surface area contributed by atoms with Gasteiger partial charge < -0.3 is 9.84 Å². The molecule has 182 valence electrons. The summed E-state index contributed by atoms with van der Waals surface area (Å²) in [7, 11) is 0. The van der Waals surface area contributed by atoms with Crippen LogP contribution in [0.4, 0.5) is 0 Å². The zero-order chi connectivity index (χ0) is 25.5. The Morgan fingerprint density at radius 1 is 0.886 bits per heavy atom. The number of carbonyl (C=O) groups is 2. The van der Waals surface area contributed by atoms with Crippen LogP contribution in [0.3, 0.4) is 0 Å². The molecule has 0 aromatic heterocycles. The molecule has 3 aromatic carbocycles. The molecule has 4 nitrogen and oxygen atoms in total. The predicted molar refractivity (Wildman–Crippen MR) is 140 cm³/mol. The van der Waals surface area contributed by atoms with Crippen LogP contribution in [0.2, 0.25) is 5.02 Å². The molecule has 5 heteroatoms. The first-order valence-electron chi connectivity index (χ1n) is 11.9. The molecule has 0 atom stereocenters. The maximum absolute atomic E-state index is 13.1. The van der Waals surface area contributed by atoms with Gasteiger partial charge in [0.15, 0.2) is 5.78 Å². The Hall–Kier alpha value is -3.11. The Labute approximate surface area is 211 Å². The Balaban J connectivity index is 1.83. The lowest BCUT2D eigenvalue weighted by Gasteiger charge is -2.42. The van der Waals surface area contributed by atoms with Gasteiger partial charge in [0, 0.05) is 27.3 Å². The van der Waals surface area contributed by atoms with Crippen LogP contribution in [0, 0.1) is 0 Å². The molecule has 0 amide bonds. The van der Waals surface area contributed by atoms with Gasteiger partial charge in [-0.05, 0) is 66.0 Å². The second-order valence-electron chi connectivity index (χ2n) is 10.5. The lowest BCUT2D eigenvalue weighted by Crippen LogP contribution is -2.33. The molecule has 0 spiro atoms. The van der Waals surface area contributed by atoms with Crippen molar-refractivity contribution in [3.05, 3.63) is 87.4 Å². The summed E-state index contributed by atoms with van der Waals surface area (Å²) in [5, 5.41) is 9.89. The number of rotatable bonds is 6. The first-order valence-corrected chi connectivity index (χ1v) is 12.3. The van der Waals surface area contributed by atoms with E-state index in [1.165, 1.54) is 23.3 Å². The van der Waals surface area contributed by atoms with Crippen molar-refractivity contribution in [2.75, 3.05) is 6.61 Å². The molecule has 0 saturated heterocycles. The van der Waals surface area contributed by atoms with Crippen LogP contribution in [0.5, 0.6) is 5.75 Å². The lowest BCUT2D eigenvalue weighted by molar-refractivity contribution is 0.0692. The largest absolute Gasteiger partial charge is 0.493 e. The highest BCUT2D eigenvalue weighted by Gasteiger charge is 2.38. The number of carbonyl (C=O) groups excluding carboxylic acids is 1. The zero-order valence-corrected chi connectivity index (χ0v) is 21.6. The molecule has 0 aliphatic heterocycles. The summed E-state index contributed by atoms with van der Waals surface area (Å²) in [6.07, 6.45) is 2.19. The smallest absolute Gasteiger partial charge is 0.336 e. The third kappa shape index (κ3) is 4.60. The Morgan fingerprint density at radius 2 is 1.49 bits per heavy atom. The highest BCUT2D eigenvalue weighted by Crippen LogP contribution is 2.50. The van der Waals surface area contributed by atoms with Crippen molar-refractivity contribution in [1.82, 2.24) is 0 Å². The van der Waals surface area contributed by atoms with Gasteiger partial charge in [-0.15, -0.1) is 0 Å². The molecule has 0 radical (unpaired) electrons. The number of hydrogen-bond donors (Lipinski definition) is 1. The Bertz CT molecular complexity index is 1320. The van der Waals surface area contributed by atoms with E-state index in [-0.39, 0.29) is 27.7 Å². The van der Waals surface area contributed by atoms with E-state index in [9.17, 15) is 14.7 Å². The summed E-state index contributed by atoms with van der Waals surface area (Å²) in [4.78, 5) is 24.7. The van der Waals surface area contributed by atoms with Crippen LogP contribution in [-0.4, -0.2) is 23.5 Å². The minimum absolute atomic E-state index is 0.0211. The first kappa shape index (κ1) is 25.0. The van der Waals surface area contributed by atoms with Gasteiger partial charge >= 0.3 is 5.97 Å². The molecule has 0 bridgehead atoms. The van der Waals surface area contributed by atoms with E-state index >= 15 is 0 Å². The molecule has 1 N–H and O–H groups in total. The van der Waals surface area contributed by atoms with Gasteiger partial charge in [-0.3, -0.25) is 4.79 Å². The molecule has 1 aliphatic carbocycles. The summed E-state index contributed by atoms with van der Waals surface area (Å²) in [6.45, 7) is 11.6. The van der Waals surface area contributed by atoms with Gasteiger partial charge in [0.05, 0.1) is 12.2 Å². The highest BCUT2D eigenvalue weighted by atomic mass is 35.5. The molecule has 3 aromatic rings. The van der Waals surface area contributed by atoms with Crippen molar-refractivity contribution in [1.29, 1.82) is 0 Å². The molecule has 0 heterocycles. The minimum atomic E-state index is -1.14. The summed E-state index contributed by atoms with van der Waals surface area (Å²) < 4.78 is 6.07. The summed E-state index contributed by atoms with van der Waals surface area (Å²) in [6, 6.07) is 15.7. The van der Waals surface area contributed by atoms with Gasteiger partial charge in [-0.25, -0.2) is 4.79 Å². The maximum Gasteiger partial charge on any atom is 0.336 e. The van der Waals surface area contributed by atoms with Gasteiger partial charge in [0.1, 0.15) is 5.75 Å². The summed E-state index contributed by atoms with van der Waals surface area (Å²) in [5.74, 6) is -0.748. The molecule has 1 aliphatic rings. The van der Waals surface area contributed by atoms with Gasteiger partial charge in [0.25, 0.3) is 0 Å². The second kappa shape index (κ2) is 9.16. The fourth-order valence-corrected chi connectivity index (χ4v) is 5.26. The third-order valence-electron chi connectivity index (χ3n) is 7.18. The number of benzene rings is 3. The molecule has 0 saturated carbocycles. The summed E-state index contributed by atoms with van der Waals surface area (Å²) in [5.41, 5.74) is 4.77. The average Bonchev–Trinajstić information content (AvgIpc) is 2.81. The van der Waals surface area contributed by atoms with Crippen molar-refractivity contribution < 1.29 is 19.4 Å². The highest BCUT2D eigenvalue weighted by molar-refractivity contribution is 6.34. The maximum atomic E-state index is 13.1. The molecule has 0 unspecified atom stereocenters. The normalized spacial score (nSPS) is 15.8. The van der Waals surface area contributed by atoms with Crippen LogP contribution in [0.1, 0.15) is 84.9 Å². The molecule has 0 fully saturated rings. The van der Waals surface area contributed by atoms with Crippen molar-refractivity contribution >= 4 is 23.4 Å². The van der Waals surface area contributed by atoms with E-state index in [4.69, 9.17) is 16.3 Å². The van der Waals surface area contributed by atoms with E-state index in [2.05, 4.69) is 39.8 Å². The number of fused-ring (bicyclic) bond motifs is 1. The first-order chi connectivity index (χ1) is 16.5. The fourth-order valence-electron chi connectivity index (χ4n) is 4.98. The van der Waals surface area contributed by atoms with E-state index in [0.29, 0.717) is 17.2 Å². The van der Waals surface area contributed by atoms with Gasteiger partial charge in [-0.2, -0.15) is 0 Å². The van der Waals surface area contributed by atoms with Crippen LogP contribution < -0.4 is 4.74 Å². The average molecular weight is 491 g/mol. The van der Waals surface area contributed by atoms with Crippen LogP contribution in [0.25, 0.3) is 11.1 Å². The fraction of sp³-hybridized carbons (Fsp3) is 0.333. The summed E-state index contributed by atoms with van der Waals surface area (Å²) >= 11 is 6.76. The number of ketones is 1. The van der Waals surface area contributed by atoms with Gasteiger partial charge in [0.2, 0.25) is 0 Å². The predicted octanol–water partition coefficient (Wildman–Crippen LogP) is 7.68. The lowest BCUT2D eigenvalue weighted by atomic mass is 9.62. The SMILES string of the molecule is CCOc1cc2c(cc1-c1ccc(C(=O)c3ccccc3C(=O)O)cc1Cl)C(C)(C)CCC2(C)C. The quantitative estimate of drug-likeness (QED) is 0.360. The van der Waals surface area contributed by atoms with E-state index in [1.807, 2.05) is 13.0 Å². The molecular formula is C30H31ClO4. The molecule has 4 rings (SSSR count). The second-order valence-corrected chi connectivity index (χ2v) is 10.9. The Kier molecular flexibility index (Phi) is 6.54. The van der Waals surface area contributed by atoms with E-state index < -0.39 is 5.97 Å². The molecular weight excluding hydrogens is 460 g/mol. The van der Waals surface area contributed by atoms with Gasteiger partial charge in [-0.1, -0.05) is 69.6 Å². The van der Waals surface area contributed by atoms with Crippen molar-refractivity contribution in [3.63, 3.8) is 0 Å². The minimum Gasteiger partial charge on any atom is -0.493 e. The van der Waals surface area contributed by atoms with Crippen molar-refractivity contribution in [2.24, 2.45) is 0 Å². The number of aromatic carboxylic acids is 1. The monoisotopic (exact) mass is 490 g/mol. The van der Waals surface area contributed by atoms with Crippen LogP contribution in [0.15, 0.2) is 54.6 Å². The third-order valence-corrected chi connectivity index (χ3v) is 7.49.